The Morgan fingerprint density at radius 1 is 1.23 bits per heavy atom. The minimum atomic E-state index is -2.57. The van der Waals surface area contributed by atoms with Gasteiger partial charge in [-0.25, -0.2) is 8.78 Å². The fourth-order valence-corrected chi connectivity index (χ4v) is 6.01. The largest absolute Gasteiger partial charge is 0.341 e. The Morgan fingerprint density at radius 3 is 2.48 bits per heavy atom. The number of alkyl halides is 2. The van der Waals surface area contributed by atoms with Crippen LogP contribution >= 0.6 is 11.8 Å². The maximum atomic E-state index is 13.5. The first-order chi connectivity index (χ1) is 14.7. The van der Waals surface area contributed by atoms with Crippen molar-refractivity contribution in [2.75, 3.05) is 25.9 Å². The van der Waals surface area contributed by atoms with E-state index in [9.17, 15) is 13.6 Å². The zero-order valence-electron chi connectivity index (χ0n) is 18.7. The Hall–Kier alpha value is -1.22. The van der Waals surface area contributed by atoms with Gasteiger partial charge in [0.05, 0.1) is 6.04 Å². The predicted molar refractivity (Wildman–Crippen MR) is 116 cm³/mol. The first kappa shape index (κ1) is 23.0. The zero-order chi connectivity index (χ0) is 22.2. The molecular formula is C22H34F2N4O2S. The van der Waals surface area contributed by atoms with Gasteiger partial charge in [0.15, 0.2) is 5.82 Å². The second-order valence-electron chi connectivity index (χ2n) is 9.78. The monoisotopic (exact) mass is 456 g/mol. The standard InChI is InChI=1S/C22H34F2N4O2S/c1-14(2)21(20-26-18(30-27-20)15-4-6-22(23,24)7-5-15)8-10-28(11-9-21)19(29)17-12-16(31-3)13-25-17/h14-17,25H,4-13H2,1-3H3/t16-,17-/m0/s1. The third kappa shape index (κ3) is 4.63. The lowest BCUT2D eigenvalue weighted by Gasteiger charge is -2.43. The summed E-state index contributed by atoms with van der Waals surface area (Å²) in [5.41, 5.74) is -0.248. The van der Waals surface area contributed by atoms with Crippen LogP contribution in [0.5, 0.6) is 0 Å². The van der Waals surface area contributed by atoms with Crippen LogP contribution in [0.2, 0.25) is 0 Å². The smallest absolute Gasteiger partial charge is 0.248 e. The number of hydrogen-bond donors (Lipinski definition) is 1. The lowest BCUT2D eigenvalue weighted by molar-refractivity contribution is -0.135. The van der Waals surface area contributed by atoms with E-state index in [0.717, 1.165) is 25.8 Å². The van der Waals surface area contributed by atoms with E-state index in [1.807, 2.05) is 16.7 Å². The highest BCUT2D eigenvalue weighted by Crippen LogP contribution is 2.44. The number of aromatic nitrogens is 2. The summed E-state index contributed by atoms with van der Waals surface area (Å²) in [4.78, 5) is 19.7. The molecule has 1 saturated carbocycles. The normalized spacial score (nSPS) is 28.9. The van der Waals surface area contributed by atoms with E-state index in [1.165, 1.54) is 0 Å². The van der Waals surface area contributed by atoms with Crippen LogP contribution in [0.1, 0.15) is 76.4 Å². The molecule has 0 radical (unpaired) electrons. The molecule has 0 unspecified atom stereocenters. The Kier molecular flexibility index (Phi) is 6.64. The lowest BCUT2D eigenvalue weighted by atomic mass is 9.69. The van der Waals surface area contributed by atoms with Gasteiger partial charge in [0.25, 0.3) is 0 Å². The van der Waals surface area contributed by atoms with Crippen molar-refractivity contribution in [1.29, 1.82) is 0 Å². The Morgan fingerprint density at radius 2 is 1.90 bits per heavy atom. The van der Waals surface area contributed by atoms with Crippen LogP contribution in [0, 0.1) is 5.92 Å². The van der Waals surface area contributed by atoms with Crippen LogP contribution in [-0.4, -0.2) is 64.1 Å². The van der Waals surface area contributed by atoms with Gasteiger partial charge in [0.2, 0.25) is 17.7 Å². The molecule has 3 fully saturated rings. The summed E-state index contributed by atoms with van der Waals surface area (Å²) in [5, 5.41) is 8.20. The Labute approximate surface area is 187 Å². The minimum Gasteiger partial charge on any atom is -0.341 e. The fourth-order valence-electron chi connectivity index (χ4n) is 5.37. The molecule has 1 aromatic heterocycles. The van der Waals surface area contributed by atoms with Gasteiger partial charge in [-0.15, -0.1) is 0 Å². The molecule has 1 N–H and O–H groups in total. The van der Waals surface area contributed by atoms with E-state index in [-0.39, 0.29) is 42.0 Å². The molecule has 174 valence electrons. The minimum absolute atomic E-state index is 0.0785. The maximum Gasteiger partial charge on any atom is 0.248 e. The van der Waals surface area contributed by atoms with Crippen LogP contribution in [0.25, 0.3) is 0 Å². The highest BCUT2D eigenvalue weighted by Gasteiger charge is 2.45. The zero-order valence-corrected chi connectivity index (χ0v) is 19.5. The number of amides is 1. The number of nitrogens with zero attached hydrogens (tertiary/aromatic N) is 3. The second kappa shape index (κ2) is 8.96. The van der Waals surface area contributed by atoms with Gasteiger partial charge in [0, 0.05) is 49.1 Å². The summed E-state index contributed by atoms with van der Waals surface area (Å²) in [6, 6.07) is -0.0785. The number of hydrogen-bond acceptors (Lipinski definition) is 6. The topological polar surface area (TPSA) is 71.3 Å². The molecule has 0 aromatic carbocycles. The Balaban J connectivity index is 1.42. The number of piperidine rings is 1. The average molecular weight is 457 g/mol. The van der Waals surface area contributed by atoms with Gasteiger partial charge < -0.3 is 14.7 Å². The van der Waals surface area contributed by atoms with E-state index >= 15 is 0 Å². The summed E-state index contributed by atoms with van der Waals surface area (Å²) >= 11 is 1.81. The van der Waals surface area contributed by atoms with Crippen molar-refractivity contribution in [1.82, 2.24) is 20.4 Å². The molecule has 3 heterocycles. The van der Waals surface area contributed by atoms with Crippen molar-refractivity contribution in [2.45, 2.75) is 87.3 Å². The number of rotatable bonds is 5. The van der Waals surface area contributed by atoms with Crippen molar-refractivity contribution < 1.29 is 18.1 Å². The van der Waals surface area contributed by atoms with Gasteiger partial charge in [-0.05, 0) is 44.3 Å². The highest BCUT2D eigenvalue weighted by molar-refractivity contribution is 7.99. The van der Waals surface area contributed by atoms with E-state index in [0.29, 0.717) is 42.9 Å². The van der Waals surface area contributed by atoms with Crippen molar-refractivity contribution in [2.24, 2.45) is 5.92 Å². The average Bonchev–Trinajstić information content (AvgIpc) is 3.43. The number of carbonyl (C=O) groups is 1. The van der Waals surface area contributed by atoms with Crippen LogP contribution in [0.15, 0.2) is 4.52 Å². The van der Waals surface area contributed by atoms with Gasteiger partial charge >= 0.3 is 0 Å². The summed E-state index contributed by atoms with van der Waals surface area (Å²) in [6.07, 6.45) is 5.10. The van der Waals surface area contributed by atoms with Crippen LogP contribution in [0.4, 0.5) is 8.78 Å². The molecule has 3 aliphatic rings. The third-order valence-electron chi connectivity index (χ3n) is 7.75. The van der Waals surface area contributed by atoms with E-state index in [1.54, 1.807) is 0 Å². The van der Waals surface area contributed by atoms with Gasteiger partial charge in [-0.2, -0.15) is 16.7 Å². The summed E-state index contributed by atoms with van der Waals surface area (Å²) in [7, 11) is 0. The molecule has 2 saturated heterocycles. The molecule has 0 spiro atoms. The van der Waals surface area contributed by atoms with Crippen LogP contribution in [0.3, 0.4) is 0 Å². The molecule has 9 heteroatoms. The molecule has 4 rings (SSSR count). The van der Waals surface area contributed by atoms with Crippen LogP contribution < -0.4 is 5.32 Å². The molecule has 1 aliphatic carbocycles. The van der Waals surface area contributed by atoms with Gasteiger partial charge in [-0.1, -0.05) is 19.0 Å². The Bertz CT molecular complexity index is 769. The van der Waals surface area contributed by atoms with Crippen LogP contribution in [-0.2, 0) is 10.2 Å². The summed E-state index contributed by atoms with van der Waals surface area (Å²) < 4.78 is 32.6. The van der Waals surface area contributed by atoms with E-state index < -0.39 is 5.92 Å². The highest BCUT2D eigenvalue weighted by atomic mass is 32.2. The van der Waals surface area contributed by atoms with E-state index in [2.05, 4.69) is 30.6 Å². The van der Waals surface area contributed by atoms with Crippen molar-refractivity contribution >= 4 is 17.7 Å². The quantitative estimate of drug-likeness (QED) is 0.723. The molecule has 1 amide bonds. The first-order valence-electron chi connectivity index (χ1n) is 11.5. The molecule has 2 atom stereocenters. The summed E-state index contributed by atoms with van der Waals surface area (Å²) in [5.74, 6) is -0.973. The van der Waals surface area contributed by atoms with Crippen molar-refractivity contribution in [3.8, 4) is 0 Å². The maximum absolute atomic E-state index is 13.5. The molecule has 0 bridgehead atoms. The number of nitrogens with one attached hydrogen (secondary N) is 1. The molecule has 1 aromatic rings. The number of likely N-dealkylation sites (tertiary alicyclic amines) is 1. The third-order valence-corrected chi connectivity index (χ3v) is 8.77. The number of halogens is 2. The first-order valence-corrected chi connectivity index (χ1v) is 12.8. The van der Waals surface area contributed by atoms with E-state index in [4.69, 9.17) is 9.51 Å². The molecule has 31 heavy (non-hydrogen) atoms. The second-order valence-corrected chi connectivity index (χ2v) is 10.9. The summed E-state index contributed by atoms with van der Waals surface area (Å²) in [6.45, 7) is 6.57. The van der Waals surface area contributed by atoms with Crippen molar-refractivity contribution in [3.05, 3.63) is 11.7 Å². The predicted octanol–water partition coefficient (Wildman–Crippen LogP) is 3.97. The molecule has 6 nitrogen and oxygen atoms in total. The molecular weight excluding hydrogens is 422 g/mol. The van der Waals surface area contributed by atoms with Gasteiger partial charge in [0.1, 0.15) is 0 Å². The number of thioether (sulfide) groups is 1. The van der Waals surface area contributed by atoms with Gasteiger partial charge in [-0.3, -0.25) is 4.79 Å². The fraction of sp³-hybridized carbons (Fsp3) is 0.864. The van der Waals surface area contributed by atoms with Crippen molar-refractivity contribution in [3.63, 3.8) is 0 Å². The number of carbonyl (C=O) groups excluding carboxylic acids is 1. The lowest BCUT2D eigenvalue weighted by Crippen LogP contribution is -2.52. The molecule has 2 aliphatic heterocycles. The SMILES string of the molecule is CS[C@@H]1CN[C@H](C(=O)N2CCC(c3noc(C4CCC(F)(F)CC4)n3)(C(C)C)CC2)C1.